The number of aromatic nitrogens is 1. The molecule has 1 atom stereocenters. The molecule has 1 heterocycles. The van der Waals surface area contributed by atoms with Gasteiger partial charge in [0, 0.05) is 45.5 Å². The number of nitrogens with zero attached hydrogens (tertiary/aromatic N) is 3. The Bertz CT molecular complexity index is 1080. The van der Waals surface area contributed by atoms with Gasteiger partial charge in [-0.15, -0.1) is 0 Å². The largest absolute Gasteiger partial charge is 0.363 e. The van der Waals surface area contributed by atoms with Crippen molar-refractivity contribution < 1.29 is 18.0 Å². The van der Waals surface area contributed by atoms with Gasteiger partial charge in [-0.05, 0) is 35.7 Å². The van der Waals surface area contributed by atoms with Crippen LogP contribution in [0.4, 0.5) is 5.82 Å². The maximum Gasteiger partial charge on any atom is 0.251 e. The monoisotopic (exact) mass is 489 g/mol. The summed E-state index contributed by atoms with van der Waals surface area (Å²) in [5.41, 5.74) is 1.01. The molecular weight excluding hydrogens is 454 g/mol. The molecule has 0 spiro atoms. The molecule has 0 bridgehead atoms. The molecule has 34 heavy (non-hydrogen) atoms. The highest BCUT2D eigenvalue weighted by Crippen LogP contribution is 2.17. The summed E-state index contributed by atoms with van der Waals surface area (Å²) in [5, 5.41) is 5.59. The molecule has 0 saturated heterocycles. The molecule has 0 aliphatic carbocycles. The van der Waals surface area contributed by atoms with Crippen molar-refractivity contribution in [2.45, 2.75) is 45.2 Å². The third-order valence-electron chi connectivity index (χ3n) is 5.41. The molecule has 2 rings (SSSR count). The van der Waals surface area contributed by atoms with E-state index in [0.717, 1.165) is 11.4 Å². The predicted molar refractivity (Wildman–Crippen MR) is 133 cm³/mol. The zero-order chi connectivity index (χ0) is 25.5. The highest BCUT2D eigenvalue weighted by atomic mass is 32.2. The molecule has 2 N–H and O–H groups in total. The van der Waals surface area contributed by atoms with E-state index in [1.165, 1.54) is 28.6 Å². The van der Waals surface area contributed by atoms with Gasteiger partial charge in [0.2, 0.25) is 15.9 Å². The highest BCUT2D eigenvalue weighted by Gasteiger charge is 2.26. The standard InChI is InChI=1S/C24H35N5O4S/c1-7-29(8-2)34(32,33)20-11-9-10-19(14-20)23(30)27-22(17(3)4)24(31)26-16-18-12-13-21(25-15-18)28(5)6/h9-15,17,22H,7-8,16H2,1-6H3,(H,26,31)(H,27,30). The number of hydrogen-bond donors (Lipinski definition) is 2. The number of nitrogens with one attached hydrogen (secondary N) is 2. The van der Waals surface area contributed by atoms with Gasteiger partial charge in [0.05, 0.1) is 4.90 Å². The number of sulfonamides is 1. The van der Waals surface area contributed by atoms with Crippen LogP contribution in [0.1, 0.15) is 43.6 Å². The molecule has 0 aliphatic heterocycles. The Morgan fingerprint density at radius 3 is 2.26 bits per heavy atom. The summed E-state index contributed by atoms with van der Waals surface area (Å²) < 4.78 is 26.9. The second-order valence-corrected chi connectivity index (χ2v) is 10.4. The van der Waals surface area contributed by atoms with Gasteiger partial charge in [-0.2, -0.15) is 4.31 Å². The van der Waals surface area contributed by atoms with Crippen LogP contribution in [0.2, 0.25) is 0 Å². The molecule has 0 aliphatic rings. The van der Waals surface area contributed by atoms with Crippen LogP contribution in [-0.4, -0.2) is 62.7 Å². The van der Waals surface area contributed by atoms with Gasteiger partial charge in [0.1, 0.15) is 11.9 Å². The lowest BCUT2D eigenvalue weighted by atomic mass is 10.0. The molecule has 2 aromatic rings. The lowest BCUT2D eigenvalue weighted by Gasteiger charge is -2.22. The smallest absolute Gasteiger partial charge is 0.251 e. The first-order chi connectivity index (χ1) is 16.0. The van der Waals surface area contributed by atoms with E-state index >= 15 is 0 Å². The molecule has 1 aromatic heterocycles. The summed E-state index contributed by atoms with van der Waals surface area (Å²) in [4.78, 5) is 32.0. The average molecular weight is 490 g/mol. The molecule has 1 unspecified atom stereocenters. The zero-order valence-corrected chi connectivity index (χ0v) is 21.5. The second kappa shape index (κ2) is 11.9. The van der Waals surface area contributed by atoms with Crippen LogP contribution in [0.5, 0.6) is 0 Å². The SMILES string of the molecule is CCN(CC)S(=O)(=O)c1cccc(C(=O)NC(C(=O)NCc2ccc(N(C)C)nc2)C(C)C)c1. The topological polar surface area (TPSA) is 112 Å². The fourth-order valence-corrected chi connectivity index (χ4v) is 4.86. The molecular formula is C24H35N5O4S. The Morgan fingerprint density at radius 1 is 1.06 bits per heavy atom. The number of amides is 2. The molecule has 0 saturated carbocycles. The molecule has 0 fully saturated rings. The van der Waals surface area contributed by atoms with Gasteiger partial charge in [-0.1, -0.05) is 39.8 Å². The second-order valence-electron chi connectivity index (χ2n) is 8.45. The van der Waals surface area contributed by atoms with Gasteiger partial charge < -0.3 is 15.5 Å². The summed E-state index contributed by atoms with van der Waals surface area (Å²) in [5.74, 6) is -0.206. The maximum absolute atomic E-state index is 12.9. The number of pyridine rings is 1. The van der Waals surface area contributed by atoms with Crippen molar-refractivity contribution in [3.8, 4) is 0 Å². The minimum absolute atomic E-state index is 0.0445. The van der Waals surface area contributed by atoms with E-state index < -0.39 is 22.0 Å². The number of carbonyl (C=O) groups is 2. The highest BCUT2D eigenvalue weighted by molar-refractivity contribution is 7.89. The molecule has 0 radical (unpaired) electrons. The van der Waals surface area contributed by atoms with Gasteiger partial charge in [-0.3, -0.25) is 9.59 Å². The van der Waals surface area contributed by atoms with E-state index in [9.17, 15) is 18.0 Å². The lowest BCUT2D eigenvalue weighted by Crippen LogP contribution is -2.49. The van der Waals surface area contributed by atoms with Gasteiger partial charge in [-0.25, -0.2) is 13.4 Å². The van der Waals surface area contributed by atoms with E-state index in [1.807, 2.05) is 45.0 Å². The summed E-state index contributed by atoms with van der Waals surface area (Å²) in [6.45, 7) is 8.12. The van der Waals surface area contributed by atoms with E-state index in [4.69, 9.17) is 0 Å². The van der Waals surface area contributed by atoms with Crippen LogP contribution in [0.3, 0.4) is 0 Å². The van der Waals surface area contributed by atoms with Gasteiger partial charge >= 0.3 is 0 Å². The van der Waals surface area contributed by atoms with Crippen LogP contribution in [-0.2, 0) is 21.4 Å². The van der Waals surface area contributed by atoms with E-state index in [2.05, 4.69) is 15.6 Å². The fourth-order valence-electron chi connectivity index (χ4n) is 3.35. The number of carbonyl (C=O) groups excluding carboxylic acids is 2. The van der Waals surface area contributed by atoms with Crippen molar-refractivity contribution in [1.29, 1.82) is 0 Å². The van der Waals surface area contributed by atoms with Crippen molar-refractivity contribution in [3.05, 3.63) is 53.7 Å². The minimum Gasteiger partial charge on any atom is -0.363 e. The average Bonchev–Trinajstić information content (AvgIpc) is 2.81. The first kappa shape index (κ1) is 27.3. The van der Waals surface area contributed by atoms with Crippen molar-refractivity contribution in [3.63, 3.8) is 0 Å². The van der Waals surface area contributed by atoms with Crippen molar-refractivity contribution in [2.24, 2.45) is 5.92 Å². The Morgan fingerprint density at radius 2 is 1.74 bits per heavy atom. The maximum atomic E-state index is 12.9. The van der Waals surface area contributed by atoms with E-state index in [-0.39, 0.29) is 28.8 Å². The first-order valence-electron chi connectivity index (χ1n) is 11.3. The number of rotatable bonds is 11. The Kier molecular flexibility index (Phi) is 9.57. The Hall–Kier alpha value is -2.98. The minimum atomic E-state index is -3.70. The van der Waals surface area contributed by atoms with Crippen LogP contribution in [0.15, 0.2) is 47.5 Å². The third kappa shape index (κ3) is 6.77. The third-order valence-corrected chi connectivity index (χ3v) is 7.46. The lowest BCUT2D eigenvalue weighted by molar-refractivity contribution is -0.124. The van der Waals surface area contributed by atoms with E-state index in [1.54, 1.807) is 20.0 Å². The molecule has 1 aromatic carbocycles. The summed E-state index contributed by atoms with van der Waals surface area (Å²) in [7, 11) is 0.0934. The predicted octanol–water partition coefficient (Wildman–Crippen LogP) is 2.25. The number of benzene rings is 1. The number of anilines is 1. The Labute approximate surface area is 202 Å². The van der Waals surface area contributed by atoms with Crippen LogP contribution < -0.4 is 15.5 Å². The molecule has 2 amide bonds. The van der Waals surface area contributed by atoms with Crippen molar-refractivity contribution >= 4 is 27.7 Å². The van der Waals surface area contributed by atoms with Gasteiger partial charge in [0.25, 0.3) is 5.91 Å². The normalized spacial score (nSPS) is 12.5. The first-order valence-corrected chi connectivity index (χ1v) is 12.8. The van der Waals surface area contributed by atoms with Crippen LogP contribution in [0.25, 0.3) is 0 Å². The van der Waals surface area contributed by atoms with Gasteiger partial charge in [0.15, 0.2) is 0 Å². The zero-order valence-electron chi connectivity index (χ0n) is 20.7. The van der Waals surface area contributed by atoms with Crippen molar-refractivity contribution in [1.82, 2.24) is 19.9 Å². The fraction of sp³-hybridized carbons (Fsp3) is 0.458. The molecule has 9 nitrogen and oxygen atoms in total. The molecule has 10 heteroatoms. The van der Waals surface area contributed by atoms with Crippen molar-refractivity contribution in [2.75, 3.05) is 32.1 Å². The Balaban J connectivity index is 2.12. The van der Waals surface area contributed by atoms with Crippen LogP contribution >= 0.6 is 0 Å². The quantitative estimate of drug-likeness (QED) is 0.501. The summed E-state index contributed by atoms with van der Waals surface area (Å²) >= 11 is 0. The summed E-state index contributed by atoms with van der Waals surface area (Å²) in [6.07, 6.45) is 1.69. The number of hydrogen-bond acceptors (Lipinski definition) is 6. The van der Waals surface area contributed by atoms with E-state index in [0.29, 0.717) is 13.1 Å². The van der Waals surface area contributed by atoms with Crippen LogP contribution in [0, 0.1) is 5.92 Å². The molecule has 186 valence electrons. The summed E-state index contributed by atoms with van der Waals surface area (Å²) in [6, 6.07) is 8.83.